The third kappa shape index (κ3) is 6.43. The van der Waals surface area contributed by atoms with E-state index in [9.17, 15) is 17.6 Å². The molecule has 1 fully saturated rings. The summed E-state index contributed by atoms with van der Waals surface area (Å²) < 4.78 is 54.5. The van der Waals surface area contributed by atoms with Crippen LogP contribution in [0.3, 0.4) is 0 Å². The molecule has 0 bridgehead atoms. The molecule has 4 rings (SSSR count). The second-order valence-corrected chi connectivity index (χ2v) is 13.0. The number of rotatable bonds is 8. The molecule has 0 unspecified atom stereocenters. The highest BCUT2D eigenvalue weighted by Crippen LogP contribution is 2.39. The number of amides is 1. The number of hydrogen-bond donors (Lipinski definition) is 2. The number of benzene rings is 1. The van der Waals surface area contributed by atoms with Gasteiger partial charge in [-0.15, -0.1) is 0 Å². The highest BCUT2D eigenvalue weighted by Gasteiger charge is 2.47. The second-order valence-electron chi connectivity index (χ2n) is 11.4. The number of sulfonamides is 1. The normalized spacial score (nSPS) is 16.4. The molecule has 1 saturated heterocycles. The molecule has 3 aromatic rings. The van der Waals surface area contributed by atoms with Crippen LogP contribution in [0.25, 0.3) is 11.3 Å². The zero-order valence-electron chi connectivity index (χ0n) is 24.1. The first-order valence-electron chi connectivity index (χ1n) is 13.3. The van der Waals surface area contributed by atoms with Crippen LogP contribution in [-0.4, -0.2) is 55.2 Å². The molecule has 0 atom stereocenters. The third-order valence-corrected chi connectivity index (χ3v) is 8.53. The minimum absolute atomic E-state index is 0.00355. The minimum Gasteiger partial charge on any atom is -0.493 e. The van der Waals surface area contributed by atoms with E-state index in [2.05, 4.69) is 9.71 Å². The van der Waals surface area contributed by atoms with E-state index in [1.807, 2.05) is 46.4 Å². The van der Waals surface area contributed by atoms with Gasteiger partial charge in [-0.1, -0.05) is 19.9 Å². The van der Waals surface area contributed by atoms with Gasteiger partial charge in [0.1, 0.15) is 23.2 Å². The molecule has 220 valence electrons. The smallest absolute Gasteiger partial charge is 0.281 e. The highest BCUT2D eigenvalue weighted by atomic mass is 32.2. The zero-order chi connectivity index (χ0) is 30.2. The van der Waals surface area contributed by atoms with Crippen molar-refractivity contribution >= 4 is 27.6 Å². The number of carbonyl (C=O) groups excluding carboxylic acids is 1. The van der Waals surface area contributed by atoms with Crippen molar-refractivity contribution < 1.29 is 27.1 Å². The maximum Gasteiger partial charge on any atom is 0.281 e. The summed E-state index contributed by atoms with van der Waals surface area (Å²) in [6.45, 7) is 12.9. The average Bonchev–Trinajstić information content (AvgIpc) is 2.88. The Balaban J connectivity index is 1.81. The quantitative estimate of drug-likeness (QED) is 0.394. The molecule has 1 aromatic carbocycles. The number of pyridine rings is 2. The van der Waals surface area contributed by atoms with Crippen LogP contribution in [0.5, 0.6) is 5.75 Å². The largest absolute Gasteiger partial charge is 0.493 e. The number of hydrogen-bond acceptors (Lipinski definition) is 9. The van der Waals surface area contributed by atoms with Crippen molar-refractivity contribution in [3.8, 4) is 17.0 Å². The van der Waals surface area contributed by atoms with Crippen LogP contribution in [0.15, 0.2) is 53.6 Å². The Kier molecular flexibility index (Phi) is 8.28. The lowest BCUT2D eigenvalue weighted by Gasteiger charge is -2.53. The third-order valence-electron chi connectivity index (χ3n) is 7.30. The summed E-state index contributed by atoms with van der Waals surface area (Å²) in [5.41, 5.74) is 5.17. The minimum atomic E-state index is -4.34. The number of nitrogen functional groups attached to an aromatic ring is 1. The molecular formula is C29H36FN5O5S. The topological polar surface area (TPSA) is 137 Å². The monoisotopic (exact) mass is 585 g/mol. The zero-order valence-corrected chi connectivity index (χ0v) is 24.9. The standard InChI is InChI=1S/C29H36FN5O5S/c1-18(2)17-39-21-15-19(14-20(30)16-21)23-11-10-22(26(32-23)35-12-13-40-29(5,6)28(35,3)4)27(36)34-41(37,38)25-9-7-8-24(31)33-25/h7-11,14-16,18H,12-13,17H2,1-6H3,(H2,31,33)(H,34,36). The number of nitrogens with two attached hydrogens (primary N) is 1. The molecule has 0 spiro atoms. The van der Waals surface area contributed by atoms with Gasteiger partial charge in [0, 0.05) is 18.2 Å². The predicted molar refractivity (Wildman–Crippen MR) is 155 cm³/mol. The fraction of sp³-hybridized carbons (Fsp3) is 0.414. The van der Waals surface area contributed by atoms with Crippen molar-refractivity contribution in [2.24, 2.45) is 5.92 Å². The van der Waals surface area contributed by atoms with Gasteiger partial charge in [0.25, 0.3) is 15.9 Å². The van der Waals surface area contributed by atoms with Gasteiger partial charge >= 0.3 is 0 Å². The van der Waals surface area contributed by atoms with E-state index < -0.39 is 37.9 Å². The van der Waals surface area contributed by atoms with Crippen LogP contribution in [0.4, 0.5) is 16.0 Å². The number of nitrogens with one attached hydrogen (secondary N) is 1. The molecule has 3 heterocycles. The maximum atomic E-state index is 14.6. The van der Waals surface area contributed by atoms with E-state index >= 15 is 0 Å². The number of ether oxygens (including phenoxy) is 2. The van der Waals surface area contributed by atoms with Gasteiger partial charge in [-0.3, -0.25) is 4.79 Å². The Morgan fingerprint density at radius 2 is 1.88 bits per heavy atom. The van der Waals surface area contributed by atoms with Crippen molar-refractivity contribution in [2.45, 2.75) is 57.7 Å². The molecule has 10 nitrogen and oxygen atoms in total. The van der Waals surface area contributed by atoms with Crippen molar-refractivity contribution in [2.75, 3.05) is 30.4 Å². The lowest BCUT2D eigenvalue weighted by atomic mass is 9.82. The first-order chi connectivity index (χ1) is 19.1. The van der Waals surface area contributed by atoms with Gasteiger partial charge in [-0.2, -0.15) is 8.42 Å². The summed E-state index contributed by atoms with van der Waals surface area (Å²) >= 11 is 0. The Labute approximate surface area is 240 Å². The van der Waals surface area contributed by atoms with E-state index in [4.69, 9.17) is 20.2 Å². The van der Waals surface area contributed by atoms with E-state index in [-0.39, 0.29) is 23.1 Å². The molecule has 1 aliphatic rings. The molecule has 12 heteroatoms. The van der Waals surface area contributed by atoms with Gasteiger partial charge in [0.2, 0.25) is 0 Å². The van der Waals surface area contributed by atoms with Crippen LogP contribution in [-0.2, 0) is 14.8 Å². The number of halogens is 1. The molecule has 0 radical (unpaired) electrons. The summed E-state index contributed by atoms with van der Waals surface area (Å²) in [5.74, 6) is -0.576. The first-order valence-corrected chi connectivity index (χ1v) is 14.7. The fourth-order valence-electron chi connectivity index (χ4n) is 4.40. The van der Waals surface area contributed by atoms with Crippen molar-refractivity contribution in [3.63, 3.8) is 0 Å². The van der Waals surface area contributed by atoms with Crippen LogP contribution >= 0.6 is 0 Å². The number of carbonyl (C=O) groups is 1. The number of aromatic nitrogens is 2. The molecule has 0 aliphatic carbocycles. The molecule has 1 aliphatic heterocycles. The summed E-state index contributed by atoms with van der Waals surface area (Å²) in [6.07, 6.45) is 0. The summed E-state index contributed by atoms with van der Waals surface area (Å²) in [5, 5.41) is -0.390. The van der Waals surface area contributed by atoms with Gasteiger partial charge in [0.15, 0.2) is 5.03 Å². The maximum absolute atomic E-state index is 14.6. The van der Waals surface area contributed by atoms with Gasteiger partial charge in [-0.25, -0.2) is 19.1 Å². The molecule has 3 N–H and O–H groups in total. The van der Waals surface area contributed by atoms with Crippen LogP contribution < -0.4 is 20.1 Å². The summed E-state index contributed by atoms with van der Waals surface area (Å²) in [7, 11) is -4.34. The number of nitrogens with zero attached hydrogens (tertiary/aromatic N) is 3. The molecule has 1 amide bonds. The van der Waals surface area contributed by atoms with E-state index in [1.165, 1.54) is 36.4 Å². The second kappa shape index (κ2) is 11.2. The Morgan fingerprint density at radius 1 is 1.15 bits per heavy atom. The lowest BCUT2D eigenvalue weighted by Crippen LogP contribution is -2.64. The predicted octanol–water partition coefficient (Wildman–Crippen LogP) is 4.41. The van der Waals surface area contributed by atoms with Crippen molar-refractivity contribution in [1.29, 1.82) is 0 Å². The van der Waals surface area contributed by atoms with Crippen LogP contribution in [0.1, 0.15) is 51.9 Å². The molecule has 2 aromatic heterocycles. The first kappa shape index (κ1) is 30.2. The van der Waals surface area contributed by atoms with E-state index in [1.54, 1.807) is 12.1 Å². The van der Waals surface area contributed by atoms with Gasteiger partial charge in [0.05, 0.1) is 35.6 Å². The Bertz CT molecular complexity index is 1560. The van der Waals surface area contributed by atoms with Gasteiger partial charge < -0.3 is 20.1 Å². The number of anilines is 2. The lowest BCUT2D eigenvalue weighted by molar-refractivity contribution is -0.0871. The van der Waals surface area contributed by atoms with E-state index in [0.717, 1.165) is 0 Å². The molecular weight excluding hydrogens is 549 g/mol. The van der Waals surface area contributed by atoms with Crippen molar-refractivity contribution in [1.82, 2.24) is 14.7 Å². The Hall–Kier alpha value is -3.77. The Morgan fingerprint density at radius 3 is 2.56 bits per heavy atom. The fourth-order valence-corrected chi connectivity index (χ4v) is 5.34. The van der Waals surface area contributed by atoms with E-state index in [0.29, 0.717) is 36.8 Å². The highest BCUT2D eigenvalue weighted by molar-refractivity contribution is 7.90. The molecule has 41 heavy (non-hydrogen) atoms. The van der Waals surface area contributed by atoms with Crippen molar-refractivity contribution in [3.05, 3.63) is 59.9 Å². The van der Waals surface area contributed by atoms with Crippen LogP contribution in [0, 0.1) is 11.7 Å². The molecule has 0 saturated carbocycles. The average molecular weight is 586 g/mol. The van der Waals surface area contributed by atoms with Gasteiger partial charge in [-0.05, 0) is 70.0 Å². The SMILES string of the molecule is CC(C)COc1cc(F)cc(-c2ccc(C(=O)NS(=O)(=O)c3cccc(N)n3)c(N3CCOC(C)(C)C3(C)C)n2)c1. The summed E-state index contributed by atoms with van der Waals surface area (Å²) in [4.78, 5) is 24.1. The number of morpholine rings is 1. The van der Waals surface area contributed by atoms with Crippen LogP contribution in [0.2, 0.25) is 0 Å². The summed E-state index contributed by atoms with van der Waals surface area (Å²) in [6, 6.07) is 11.5.